The van der Waals surface area contributed by atoms with E-state index in [9.17, 15) is 13.9 Å². The van der Waals surface area contributed by atoms with Gasteiger partial charge >= 0.3 is 6.11 Å². The Bertz CT molecular complexity index is 636. The maximum absolute atomic E-state index is 14.1. The number of hydrogen-bond acceptors (Lipinski definition) is 3. The molecule has 0 aromatic heterocycles. The molecule has 5 heteroatoms. The molecule has 2 aromatic rings. The Labute approximate surface area is 121 Å². The standard InChI is InChI=1S/C16H14F2O3/c1-3-11-4-6-12(7-5-11)16(17,18)21-13-8-9-14(19)15(10-13)20-2/h3-10,19H,1H2,2H3. The highest BCUT2D eigenvalue weighted by molar-refractivity contribution is 5.48. The van der Waals surface area contributed by atoms with Gasteiger partial charge in [-0.15, -0.1) is 0 Å². The van der Waals surface area contributed by atoms with Crippen LogP contribution in [0.5, 0.6) is 17.2 Å². The van der Waals surface area contributed by atoms with Crippen LogP contribution in [0.1, 0.15) is 11.1 Å². The van der Waals surface area contributed by atoms with E-state index in [4.69, 9.17) is 9.47 Å². The van der Waals surface area contributed by atoms with Crippen LogP contribution in [-0.4, -0.2) is 12.2 Å². The highest BCUT2D eigenvalue weighted by atomic mass is 19.3. The van der Waals surface area contributed by atoms with Crippen molar-refractivity contribution in [1.82, 2.24) is 0 Å². The van der Waals surface area contributed by atoms with Crippen LogP contribution in [0.4, 0.5) is 8.78 Å². The molecular weight excluding hydrogens is 278 g/mol. The third-order valence-electron chi connectivity index (χ3n) is 2.88. The number of alkyl halides is 2. The van der Waals surface area contributed by atoms with Crippen molar-refractivity contribution >= 4 is 6.08 Å². The van der Waals surface area contributed by atoms with Gasteiger partial charge in [0.05, 0.1) is 12.7 Å². The lowest BCUT2D eigenvalue weighted by atomic mass is 10.1. The first kappa shape index (κ1) is 14.8. The Morgan fingerprint density at radius 3 is 2.38 bits per heavy atom. The van der Waals surface area contributed by atoms with Crippen molar-refractivity contribution in [1.29, 1.82) is 0 Å². The molecule has 1 N–H and O–H groups in total. The monoisotopic (exact) mass is 292 g/mol. The minimum absolute atomic E-state index is 0.0605. The maximum atomic E-state index is 14.1. The molecule has 0 bridgehead atoms. The molecule has 0 aliphatic rings. The zero-order valence-electron chi connectivity index (χ0n) is 11.3. The van der Waals surface area contributed by atoms with Crippen molar-refractivity contribution in [2.75, 3.05) is 7.11 Å². The van der Waals surface area contributed by atoms with Gasteiger partial charge in [0.1, 0.15) is 5.75 Å². The molecule has 0 unspecified atom stereocenters. The number of aromatic hydroxyl groups is 1. The van der Waals surface area contributed by atoms with E-state index in [0.717, 1.165) is 5.56 Å². The summed E-state index contributed by atoms with van der Waals surface area (Å²) in [5.74, 6) is -0.198. The lowest BCUT2D eigenvalue weighted by Gasteiger charge is -2.19. The van der Waals surface area contributed by atoms with Crippen LogP contribution in [0.3, 0.4) is 0 Å². The molecular formula is C16H14F2O3. The highest BCUT2D eigenvalue weighted by Crippen LogP contribution is 2.36. The average Bonchev–Trinajstić information content (AvgIpc) is 2.49. The lowest BCUT2D eigenvalue weighted by Crippen LogP contribution is -2.21. The average molecular weight is 292 g/mol. The third kappa shape index (κ3) is 3.31. The fraction of sp³-hybridized carbons (Fsp3) is 0.125. The maximum Gasteiger partial charge on any atom is 0.426 e. The molecule has 21 heavy (non-hydrogen) atoms. The van der Waals surface area contributed by atoms with E-state index in [1.165, 1.54) is 49.6 Å². The Balaban J connectivity index is 2.25. The van der Waals surface area contributed by atoms with Gasteiger partial charge in [-0.05, 0) is 29.8 Å². The van der Waals surface area contributed by atoms with Gasteiger partial charge in [-0.1, -0.05) is 24.8 Å². The second kappa shape index (κ2) is 5.83. The molecule has 0 saturated carbocycles. The first-order valence-electron chi connectivity index (χ1n) is 6.13. The second-order valence-corrected chi connectivity index (χ2v) is 4.28. The summed E-state index contributed by atoms with van der Waals surface area (Å²) in [5, 5.41) is 9.43. The number of benzene rings is 2. The molecule has 0 radical (unpaired) electrons. The Hall–Kier alpha value is -2.56. The van der Waals surface area contributed by atoms with Gasteiger partial charge < -0.3 is 14.6 Å². The van der Waals surface area contributed by atoms with Crippen LogP contribution in [-0.2, 0) is 6.11 Å². The first-order valence-corrected chi connectivity index (χ1v) is 6.13. The van der Waals surface area contributed by atoms with Crippen molar-refractivity contribution in [2.24, 2.45) is 0 Å². The molecule has 0 spiro atoms. The third-order valence-corrected chi connectivity index (χ3v) is 2.88. The van der Waals surface area contributed by atoms with E-state index in [-0.39, 0.29) is 22.8 Å². The van der Waals surface area contributed by atoms with E-state index < -0.39 is 6.11 Å². The van der Waals surface area contributed by atoms with E-state index in [1.54, 1.807) is 6.08 Å². The van der Waals surface area contributed by atoms with E-state index in [0.29, 0.717) is 0 Å². The van der Waals surface area contributed by atoms with Gasteiger partial charge in [0.25, 0.3) is 0 Å². The number of methoxy groups -OCH3 is 1. The summed E-state index contributed by atoms with van der Waals surface area (Å²) in [7, 11) is 1.32. The van der Waals surface area contributed by atoms with Crippen LogP contribution >= 0.6 is 0 Å². The topological polar surface area (TPSA) is 38.7 Å². The van der Waals surface area contributed by atoms with Gasteiger partial charge in [-0.2, -0.15) is 8.78 Å². The summed E-state index contributed by atoms with van der Waals surface area (Å²) >= 11 is 0. The summed E-state index contributed by atoms with van der Waals surface area (Å²) in [6, 6.07) is 9.26. The second-order valence-electron chi connectivity index (χ2n) is 4.28. The predicted octanol–water partition coefficient (Wildman–Crippen LogP) is 4.17. The minimum Gasteiger partial charge on any atom is -0.504 e. The molecule has 0 amide bonds. The van der Waals surface area contributed by atoms with E-state index in [2.05, 4.69) is 6.58 Å². The number of phenols is 1. The number of ether oxygens (including phenoxy) is 2. The normalized spacial score (nSPS) is 11.0. The fourth-order valence-electron chi connectivity index (χ4n) is 1.74. The number of halogens is 2. The summed E-state index contributed by atoms with van der Waals surface area (Å²) in [6.07, 6.45) is -1.94. The number of phenolic OH excluding ortho intramolecular Hbond substituents is 1. The van der Waals surface area contributed by atoms with Crippen LogP contribution in [0, 0.1) is 0 Å². The van der Waals surface area contributed by atoms with Crippen molar-refractivity contribution in [2.45, 2.75) is 6.11 Å². The summed E-state index contributed by atoms with van der Waals surface area (Å²) in [6.45, 7) is 3.56. The lowest BCUT2D eigenvalue weighted by molar-refractivity contribution is -0.185. The fourth-order valence-corrected chi connectivity index (χ4v) is 1.74. The predicted molar refractivity (Wildman–Crippen MR) is 75.7 cm³/mol. The van der Waals surface area contributed by atoms with Crippen LogP contribution < -0.4 is 9.47 Å². The molecule has 2 rings (SSSR count). The molecule has 0 atom stereocenters. The van der Waals surface area contributed by atoms with E-state index in [1.807, 2.05) is 0 Å². The van der Waals surface area contributed by atoms with Crippen molar-refractivity contribution in [3.63, 3.8) is 0 Å². The van der Waals surface area contributed by atoms with Crippen molar-refractivity contribution in [3.05, 3.63) is 60.2 Å². The SMILES string of the molecule is C=Cc1ccc(C(F)(F)Oc2ccc(O)c(OC)c2)cc1. The first-order chi connectivity index (χ1) is 9.96. The van der Waals surface area contributed by atoms with Gasteiger partial charge in [-0.25, -0.2) is 0 Å². The summed E-state index contributed by atoms with van der Waals surface area (Å²) < 4.78 is 37.7. The van der Waals surface area contributed by atoms with Gasteiger partial charge in [-0.3, -0.25) is 0 Å². The van der Waals surface area contributed by atoms with Gasteiger partial charge in [0.15, 0.2) is 11.5 Å². The summed E-state index contributed by atoms with van der Waals surface area (Å²) in [5.41, 5.74) is 0.459. The number of rotatable bonds is 5. The molecule has 0 aliphatic carbocycles. The number of hydrogen-bond donors (Lipinski definition) is 1. The quantitative estimate of drug-likeness (QED) is 0.898. The molecule has 2 aromatic carbocycles. The molecule has 0 aliphatic heterocycles. The molecule has 0 fully saturated rings. The minimum atomic E-state index is -3.50. The zero-order valence-corrected chi connectivity index (χ0v) is 11.3. The molecule has 3 nitrogen and oxygen atoms in total. The van der Waals surface area contributed by atoms with Crippen molar-refractivity contribution in [3.8, 4) is 17.2 Å². The van der Waals surface area contributed by atoms with Crippen molar-refractivity contribution < 1.29 is 23.4 Å². The van der Waals surface area contributed by atoms with E-state index >= 15 is 0 Å². The molecule has 0 heterocycles. The Morgan fingerprint density at radius 2 is 1.81 bits per heavy atom. The van der Waals surface area contributed by atoms with Crippen LogP contribution in [0.15, 0.2) is 49.0 Å². The molecule has 110 valence electrons. The van der Waals surface area contributed by atoms with Gasteiger partial charge in [0, 0.05) is 6.07 Å². The Kier molecular flexibility index (Phi) is 4.12. The zero-order chi connectivity index (χ0) is 15.5. The van der Waals surface area contributed by atoms with Crippen LogP contribution in [0.2, 0.25) is 0 Å². The molecule has 0 saturated heterocycles. The smallest absolute Gasteiger partial charge is 0.426 e. The highest BCUT2D eigenvalue weighted by Gasteiger charge is 2.34. The Morgan fingerprint density at radius 1 is 1.14 bits per heavy atom. The largest absolute Gasteiger partial charge is 0.504 e. The van der Waals surface area contributed by atoms with Crippen LogP contribution in [0.25, 0.3) is 6.08 Å². The summed E-state index contributed by atoms with van der Waals surface area (Å²) in [4.78, 5) is 0. The van der Waals surface area contributed by atoms with Gasteiger partial charge in [0.2, 0.25) is 0 Å².